The van der Waals surface area contributed by atoms with E-state index in [0.717, 1.165) is 0 Å². The lowest BCUT2D eigenvalue weighted by Gasteiger charge is -2.34. The number of carboxylic acid groups (broad SMARTS) is 1. The standard InChI is InChI=1S/C14H23F3N2O3/c1-13(2,6-5-11(20)21)18-12(22)10-4-3-7-19(8-10)9-14(15,16)17/h10H,3-9H2,1-2H3,(H,18,22)(H,20,21). The molecule has 5 nitrogen and oxygen atoms in total. The molecule has 8 heteroatoms. The van der Waals surface area contributed by atoms with E-state index in [9.17, 15) is 22.8 Å². The molecule has 1 saturated heterocycles. The van der Waals surface area contributed by atoms with Gasteiger partial charge >= 0.3 is 12.1 Å². The smallest absolute Gasteiger partial charge is 0.401 e. The van der Waals surface area contributed by atoms with Crippen LogP contribution in [0.4, 0.5) is 13.2 Å². The molecule has 22 heavy (non-hydrogen) atoms. The highest BCUT2D eigenvalue weighted by molar-refractivity contribution is 5.79. The van der Waals surface area contributed by atoms with Crippen LogP contribution in [0.5, 0.6) is 0 Å². The Morgan fingerprint density at radius 2 is 1.95 bits per heavy atom. The van der Waals surface area contributed by atoms with Gasteiger partial charge in [0.2, 0.25) is 5.91 Å². The second-order valence-electron chi connectivity index (χ2n) is 6.46. The molecule has 0 aromatic heterocycles. The Balaban J connectivity index is 2.52. The van der Waals surface area contributed by atoms with Crippen LogP contribution in [-0.2, 0) is 9.59 Å². The summed E-state index contributed by atoms with van der Waals surface area (Å²) in [5.41, 5.74) is -0.693. The molecule has 1 rings (SSSR count). The highest BCUT2D eigenvalue weighted by atomic mass is 19.4. The molecule has 1 aliphatic rings. The normalized spacial score (nSPS) is 20.7. The van der Waals surface area contributed by atoms with E-state index in [1.807, 2.05) is 0 Å². The van der Waals surface area contributed by atoms with Crippen molar-refractivity contribution in [3.8, 4) is 0 Å². The number of aliphatic carboxylic acids is 1. The molecule has 1 fully saturated rings. The summed E-state index contributed by atoms with van der Waals surface area (Å²) in [6.07, 6.45) is -2.97. The monoisotopic (exact) mass is 324 g/mol. The molecule has 128 valence electrons. The van der Waals surface area contributed by atoms with Crippen LogP contribution in [0.2, 0.25) is 0 Å². The third-order valence-corrected chi connectivity index (χ3v) is 3.70. The van der Waals surface area contributed by atoms with Crippen LogP contribution in [0.1, 0.15) is 39.5 Å². The predicted octanol–water partition coefficient (Wildman–Crippen LogP) is 2.02. The molecule has 0 spiro atoms. The third-order valence-electron chi connectivity index (χ3n) is 3.70. The van der Waals surface area contributed by atoms with Crippen LogP contribution in [0, 0.1) is 5.92 Å². The van der Waals surface area contributed by atoms with Crippen molar-refractivity contribution in [2.24, 2.45) is 5.92 Å². The van der Waals surface area contributed by atoms with Crippen molar-refractivity contribution >= 4 is 11.9 Å². The quantitative estimate of drug-likeness (QED) is 0.784. The summed E-state index contributed by atoms with van der Waals surface area (Å²) < 4.78 is 37.3. The lowest BCUT2D eigenvalue weighted by atomic mass is 9.93. The van der Waals surface area contributed by atoms with Crippen LogP contribution in [-0.4, -0.2) is 53.2 Å². The zero-order chi connectivity index (χ0) is 17.0. The van der Waals surface area contributed by atoms with Crippen molar-refractivity contribution in [3.63, 3.8) is 0 Å². The predicted molar refractivity (Wildman–Crippen MR) is 74.3 cm³/mol. The largest absolute Gasteiger partial charge is 0.481 e. The van der Waals surface area contributed by atoms with Crippen molar-refractivity contribution < 1.29 is 27.9 Å². The van der Waals surface area contributed by atoms with Gasteiger partial charge in [-0.05, 0) is 39.7 Å². The van der Waals surface area contributed by atoms with Crippen LogP contribution in [0.3, 0.4) is 0 Å². The number of piperidine rings is 1. The maximum absolute atomic E-state index is 12.4. The average Bonchev–Trinajstić information content (AvgIpc) is 2.34. The van der Waals surface area contributed by atoms with E-state index in [2.05, 4.69) is 5.32 Å². The van der Waals surface area contributed by atoms with Crippen LogP contribution >= 0.6 is 0 Å². The number of rotatable bonds is 6. The minimum Gasteiger partial charge on any atom is -0.481 e. The zero-order valence-corrected chi connectivity index (χ0v) is 12.9. The molecule has 0 bridgehead atoms. The summed E-state index contributed by atoms with van der Waals surface area (Å²) in [4.78, 5) is 24.0. The molecule has 1 heterocycles. The Morgan fingerprint density at radius 1 is 1.32 bits per heavy atom. The molecule has 2 N–H and O–H groups in total. The van der Waals surface area contributed by atoms with Gasteiger partial charge in [0.15, 0.2) is 0 Å². The summed E-state index contributed by atoms with van der Waals surface area (Å²) in [6, 6.07) is 0. The van der Waals surface area contributed by atoms with E-state index >= 15 is 0 Å². The molecule has 1 unspecified atom stereocenters. The molecule has 0 radical (unpaired) electrons. The summed E-state index contributed by atoms with van der Waals surface area (Å²) in [6.45, 7) is 2.85. The van der Waals surface area contributed by atoms with Gasteiger partial charge in [-0.25, -0.2) is 0 Å². The Hall–Kier alpha value is -1.31. The van der Waals surface area contributed by atoms with E-state index in [1.54, 1.807) is 13.8 Å². The lowest BCUT2D eigenvalue weighted by Crippen LogP contribution is -2.51. The van der Waals surface area contributed by atoms with Crippen molar-refractivity contribution in [1.29, 1.82) is 0 Å². The number of alkyl halides is 3. The maximum Gasteiger partial charge on any atom is 0.401 e. The van der Waals surface area contributed by atoms with E-state index in [0.29, 0.717) is 19.4 Å². The van der Waals surface area contributed by atoms with Crippen LogP contribution in [0.15, 0.2) is 0 Å². The topological polar surface area (TPSA) is 69.6 Å². The SMILES string of the molecule is CC(C)(CCC(=O)O)NC(=O)C1CCCN(CC(F)(F)F)C1. The van der Waals surface area contributed by atoms with Gasteiger partial charge in [0.05, 0.1) is 12.5 Å². The second kappa shape index (κ2) is 7.30. The fourth-order valence-electron chi connectivity index (χ4n) is 2.58. The lowest BCUT2D eigenvalue weighted by molar-refractivity contribution is -0.152. The number of hydrogen-bond acceptors (Lipinski definition) is 3. The number of amides is 1. The van der Waals surface area contributed by atoms with Gasteiger partial charge in [0, 0.05) is 18.5 Å². The Morgan fingerprint density at radius 3 is 2.50 bits per heavy atom. The van der Waals surface area contributed by atoms with Crippen molar-refractivity contribution in [1.82, 2.24) is 10.2 Å². The first-order valence-electron chi connectivity index (χ1n) is 7.31. The first kappa shape index (κ1) is 18.7. The van der Waals surface area contributed by atoms with Gasteiger partial charge in [0.25, 0.3) is 0 Å². The number of carbonyl (C=O) groups is 2. The maximum atomic E-state index is 12.4. The number of halogens is 3. The number of hydrogen-bond donors (Lipinski definition) is 2. The molecule has 1 atom stereocenters. The number of nitrogens with one attached hydrogen (secondary N) is 1. The minimum absolute atomic E-state index is 0.0713. The van der Waals surface area contributed by atoms with Gasteiger partial charge in [-0.2, -0.15) is 13.2 Å². The van der Waals surface area contributed by atoms with Gasteiger partial charge in [-0.1, -0.05) is 0 Å². The zero-order valence-electron chi connectivity index (χ0n) is 12.9. The highest BCUT2D eigenvalue weighted by Gasteiger charge is 2.35. The minimum atomic E-state index is -4.26. The third kappa shape index (κ3) is 7.11. The van der Waals surface area contributed by atoms with Crippen molar-refractivity contribution in [2.45, 2.75) is 51.2 Å². The highest BCUT2D eigenvalue weighted by Crippen LogP contribution is 2.23. The van der Waals surface area contributed by atoms with Gasteiger partial charge in [-0.3, -0.25) is 14.5 Å². The average molecular weight is 324 g/mol. The van der Waals surface area contributed by atoms with Crippen molar-refractivity contribution in [3.05, 3.63) is 0 Å². The Kier molecular flexibility index (Phi) is 6.22. The fraction of sp³-hybridized carbons (Fsp3) is 0.857. The fourth-order valence-corrected chi connectivity index (χ4v) is 2.58. The molecule has 1 amide bonds. The first-order valence-corrected chi connectivity index (χ1v) is 7.31. The van der Waals surface area contributed by atoms with Gasteiger partial charge < -0.3 is 10.4 Å². The summed E-state index contributed by atoms with van der Waals surface area (Å²) in [5, 5.41) is 11.4. The molecule has 0 aromatic rings. The van der Waals surface area contributed by atoms with Crippen molar-refractivity contribution in [2.75, 3.05) is 19.6 Å². The van der Waals surface area contributed by atoms with Gasteiger partial charge in [0.1, 0.15) is 0 Å². The van der Waals surface area contributed by atoms with Crippen LogP contribution in [0.25, 0.3) is 0 Å². The van der Waals surface area contributed by atoms with E-state index in [4.69, 9.17) is 5.11 Å². The number of nitrogens with zero attached hydrogens (tertiary/aromatic N) is 1. The number of carboxylic acids is 1. The van der Waals surface area contributed by atoms with Gasteiger partial charge in [-0.15, -0.1) is 0 Å². The second-order valence-corrected chi connectivity index (χ2v) is 6.46. The summed E-state index contributed by atoms with van der Waals surface area (Å²) >= 11 is 0. The summed E-state index contributed by atoms with van der Waals surface area (Å²) in [7, 11) is 0. The molecule has 0 aromatic carbocycles. The first-order chi connectivity index (χ1) is 9.98. The molecular formula is C14H23F3N2O3. The number of carbonyl (C=O) groups excluding carboxylic acids is 1. The summed E-state index contributed by atoms with van der Waals surface area (Å²) in [5.74, 6) is -1.74. The Labute approximate surface area is 127 Å². The molecule has 1 aliphatic heterocycles. The Bertz CT molecular complexity index is 411. The number of likely N-dealkylation sites (tertiary alicyclic amines) is 1. The molecule has 0 saturated carbocycles. The van der Waals surface area contributed by atoms with E-state index in [-0.39, 0.29) is 25.3 Å². The van der Waals surface area contributed by atoms with E-state index in [1.165, 1.54) is 4.90 Å². The van der Waals surface area contributed by atoms with E-state index < -0.39 is 30.1 Å². The molecular weight excluding hydrogens is 301 g/mol. The molecule has 0 aliphatic carbocycles. The van der Waals surface area contributed by atoms with Crippen LogP contribution < -0.4 is 5.32 Å².